The highest BCUT2D eigenvalue weighted by Gasteiger charge is 2.16. The van der Waals surface area contributed by atoms with E-state index in [1.165, 1.54) is 6.26 Å². The van der Waals surface area contributed by atoms with Crippen LogP contribution in [0.1, 0.15) is 0 Å². The van der Waals surface area contributed by atoms with Crippen LogP contribution >= 0.6 is 0 Å². The zero-order valence-electron chi connectivity index (χ0n) is 19.6. The number of nitrogens with one attached hydrogen (secondary N) is 1. The third-order valence-electron chi connectivity index (χ3n) is 5.63. The van der Waals surface area contributed by atoms with Gasteiger partial charge in [0.2, 0.25) is 5.95 Å². The van der Waals surface area contributed by atoms with Crippen molar-refractivity contribution in [3.63, 3.8) is 0 Å². The highest BCUT2D eigenvalue weighted by Crippen LogP contribution is 2.36. The van der Waals surface area contributed by atoms with Gasteiger partial charge in [-0.15, -0.1) is 0 Å². The fraction of sp³-hybridized carbons (Fsp3) is 0.250. The molecule has 0 aliphatic rings. The molecule has 0 spiro atoms. The highest BCUT2D eigenvalue weighted by atomic mass is 32.2. The lowest BCUT2D eigenvalue weighted by Gasteiger charge is -2.23. The molecule has 0 atom stereocenters. The Bertz CT molecular complexity index is 1450. The van der Waals surface area contributed by atoms with Gasteiger partial charge in [-0.05, 0) is 18.2 Å². The third kappa shape index (κ3) is 4.91. The maximum Gasteiger partial charge on any atom is 0.227 e. The number of benzene rings is 2. The van der Waals surface area contributed by atoms with Crippen LogP contribution < -0.4 is 20.7 Å². The van der Waals surface area contributed by atoms with E-state index < -0.39 is 9.84 Å². The van der Waals surface area contributed by atoms with Gasteiger partial charge in [0.1, 0.15) is 15.6 Å². The number of hydrogen-bond acceptors (Lipinski definition) is 8. The van der Waals surface area contributed by atoms with Crippen molar-refractivity contribution in [2.75, 3.05) is 48.7 Å². The molecule has 0 aliphatic carbocycles. The van der Waals surface area contributed by atoms with Gasteiger partial charge in [0.15, 0.2) is 0 Å². The van der Waals surface area contributed by atoms with Gasteiger partial charge < -0.3 is 25.3 Å². The smallest absolute Gasteiger partial charge is 0.227 e. The molecular weight excluding hydrogens is 452 g/mol. The number of aryl methyl sites for hydroxylation is 1. The number of methoxy groups -OCH3 is 1. The number of nitrogens with two attached hydrogens (primary N) is 1. The maximum absolute atomic E-state index is 11.5. The number of hydrogen-bond donors (Lipinski definition) is 2. The van der Waals surface area contributed by atoms with Crippen molar-refractivity contribution in [1.82, 2.24) is 14.5 Å². The quantitative estimate of drug-likeness (QED) is 0.369. The topological polar surface area (TPSA) is 115 Å². The fourth-order valence-electron chi connectivity index (χ4n) is 3.84. The summed E-state index contributed by atoms with van der Waals surface area (Å²) in [4.78, 5) is 10.9. The summed E-state index contributed by atoms with van der Waals surface area (Å²) in [6, 6.07) is 13.5. The van der Waals surface area contributed by atoms with Crippen LogP contribution in [0.25, 0.3) is 22.2 Å². The van der Waals surface area contributed by atoms with Gasteiger partial charge >= 0.3 is 0 Å². The van der Waals surface area contributed by atoms with Crippen LogP contribution in [0.5, 0.6) is 5.75 Å². The van der Waals surface area contributed by atoms with Crippen LogP contribution in [0.2, 0.25) is 0 Å². The molecule has 2 aromatic carbocycles. The number of anilines is 4. The fourth-order valence-corrected chi connectivity index (χ4v) is 4.45. The van der Waals surface area contributed by atoms with Gasteiger partial charge in [0, 0.05) is 61.8 Å². The van der Waals surface area contributed by atoms with Gasteiger partial charge in [0.05, 0.1) is 35.6 Å². The van der Waals surface area contributed by atoms with E-state index in [1.807, 2.05) is 25.2 Å². The zero-order chi connectivity index (χ0) is 24.5. The molecule has 0 saturated heterocycles. The number of para-hydroxylation sites is 1. The van der Waals surface area contributed by atoms with Crippen molar-refractivity contribution in [2.24, 2.45) is 7.05 Å². The summed E-state index contributed by atoms with van der Waals surface area (Å²) in [6.45, 7) is 0.315. The molecule has 0 fully saturated rings. The molecule has 3 N–H and O–H groups in total. The molecule has 0 unspecified atom stereocenters. The summed E-state index contributed by atoms with van der Waals surface area (Å²) in [6.07, 6.45) is 4.97. The van der Waals surface area contributed by atoms with E-state index >= 15 is 0 Å². The number of nitrogen functional groups attached to an aromatic ring is 1. The zero-order valence-corrected chi connectivity index (χ0v) is 20.4. The molecule has 4 aromatic rings. The summed E-state index contributed by atoms with van der Waals surface area (Å²) < 4.78 is 30.7. The lowest BCUT2D eigenvalue weighted by Crippen LogP contribution is -2.25. The van der Waals surface area contributed by atoms with Gasteiger partial charge in [0.25, 0.3) is 0 Å². The van der Waals surface area contributed by atoms with E-state index in [0.717, 1.165) is 22.2 Å². The van der Waals surface area contributed by atoms with E-state index in [1.54, 1.807) is 37.4 Å². The Balaban J connectivity index is 1.63. The molecule has 2 heterocycles. The highest BCUT2D eigenvalue weighted by molar-refractivity contribution is 7.90. The maximum atomic E-state index is 11.5. The number of ether oxygens (including phenoxy) is 1. The Hall–Kier alpha value is -3.79. The second kappa shape index (κ2) is 9.22. The van der Waals surface area contributed by atoms with Crippen molar-refractivity contribution in [1.29, 1.82) is 0 Å². The first-order chi connectivity index (χ1) is 16.2. The van der Waals surface area contributed by atoms with E-state index in [0.29, 0.717) is 35.3 Å². The minimum Gasteiger partial charge on any atom is -0.494 e. The van der Waals surface area contributed by atoms with E-state index in [9.17, 15) is 8.42 Å². The predicted octanol–water partition coefficient (Wildman–Crippen LogP) is 3.45. The molecule has 0 amide bonds. The Labute approximate surface area is 199 Å². The van der Waals surface area contributed by atoms with E-state index in [4.69, 9.17) is 15.5 Å². The second-order valence-electron chi connectivity index (χ2n) is 8.22. The van der Waals surface area contributed by atoms with Crippen molar-refractivity contribution in [2.45, 2.75) is 0 Å². The number of fused-ring (bicyclic) bond motifs is 1. The summed E-state index contributed by atoms with van der Waals surface area (Å²) in [7, 11) is 2.27. The van der Waals surface area contributed by atoms with Crippen LogP contribution in [0.3, 0.4) is 0 Å². The molecule has 2 aromatic heterocycles. The lowest BCUT2D eigenvalue weighted by molar-refractivity contribution is 0.417. The Morgan fingerprint density at radius 2 is 1.97 bits per heavy atom. The number of aromatic nitrogens is 3. The average Bonchev–Trinajstić information content (AvgIpc) is 3.14. The largest absolute Gasteiger partial charge is 0.494 e. The first-order valence-electron chi connectivity index (χ1n) is 10.7. The van der Waals surface area contributed by atoms with Gasteiger partial charge in [-0.2, -0.15) is 0 Å². The minimum atomic E-state index is -3.09. The van der Waals surface area contributed by atoms with E-state index in [2.05, 4.69) is 33.2 Å². The molecule has 178 valence electrons. The first-order valence-corrected chi connectivity index (χ1v) is 12.7. The Kier molecular flexibility index (Phi) is 6.34. The van der Waals surface area contributed by atoms with E-state index in [-0.39, 0.29) is 5.75 Å². The Morgan fingerprint density at radius 1 is 1.21 bits per heavy atom. The molecule has 10 heteroatoms. The molecule has 0 saturated carbocycles. The molecule has 0 radical (unpaired) electrons. The van der Waals surface area contributed by atoms with Crippen molar-refractivity contribution in [3.8, 4) is 17.0 Å². The number of sulfone groups is 1. The van der Waals surface area contributed by atoms with Crippen molar-refractivity contribution < 1.29 is 13.2 Å². The second-order valence-corrected chi connectivity index (χ2v) is 10.5. The van der Waals surface area contributed by atoms with Crippen LogP contribution in [-0.4, -0.2) is 55.7 Å². The molecular formula is C24H28N6O3S. The summed E-state index contributed by atoms with van der Waals surface area (Å²) in [5.41, 5.74) is 11.0. The van der Waals surface area contributed by atoms with Crippen molar-refractivity contribution in [3.05, 3.63) is 54.9 Å². The summed E-state index contributed by atoms with van der Waals surface area (Å²) >= 11 is 0. The predicted molar refractivity (Wildman–Crippen MR) is 138 cm³/mol. The van der Waals surface area contributed by atoms with Crippen LogP contribution in [-0.2, 0) is 16.9 Å². The average molecular weight is 481 g/mol. The third-order valence-corrected chi connectivity index (χ3v) is 6.56. The number of rotatable bonds is 8. The SMILES string of the molecule is COc1cc(N(C)CCS(C)(=O)=O)c(N)cc1Nc1nccc(-c2cn(C)c3ccccc23)n1. The van der Waals surface area contributed by atoms with Crippen LogP contribution in [0, 0.1) is 0 Å². The van der Waals surface area contributed by atoms with Crippen LogP contribution in [0.15, 0.2) is 54.9 Å². The summed E-state index contributed by atoms with van der Waals surface area (Å²) in [5, 5.41) is 4.31. The molecule has 34 heavy (non-hydrogen) atoms. The Morgan fingerprint density at radius 3 is 2.71 bits per heavy atom. The molecule has 0 aliphatic heterocycles. The normalized spacial score (nSPS) is 11.5. The van der Waals surface area contributed by atoms with Gasteiger partial charge in [-0.1, -0.05) is 18.2 Å². The first kappa shape index (κ1) is 23.4. The monoisotopic (exact) mass is 480 g/mol. The standard InChI is InChI=1S/C24H28N6O3S/c1-29(11-12-34(4,31)32)22-14-23(33-3)20(13-18(22)25)28-24-26-10-9-19(27-24)17-15-30(2)21-8-6-5-7-16(17)21/h5-10,13-15H,11-12,25H2,1-4H3,(H,26,27,28). The summed E-state index contributed by atoms with van der Waals surface area (Å²) in [5.74, 6) is 0.968. The number of nitrogens with zero attached hydrogens (tertiary/aromatic N) is 4. The lowest BCUT2D eigenvalue weighted by atomic mass is 10.1. The molecule has 9 nitrogen and oxygen atoms in total. The molecule has 4 rings (SSSR count). The van der Waals surface area contributed by atoms with Crippen LogP contribution in [0.4, 0.5) is 23.0 Å². The van der Waals surface area contributed by atoms with Gasteiger partial charge in [-0.25, -0.2) is 18.4 Å². The minimum absolute atomic E-state index is 0.0278. The van der Waals surface area contributed by atoms with Gasteiger partial charge in [-0.3, -0.25) is 0 Å². The van der Waals surface area contributed by atoms with Crippen molar-refractivity contribution >= 4 is 43.8 Å². The molecule has 0 bridgehead atoms.